The number of benzene rings is 1. The minimum absolute atomic E-state index is 0.275. The Labute approximate surface area is 115 Å². The lowest BCUT2D eigenvalue weighted by atomic mass is 9.97. The SMILES string of the molecule is CCC(C)c1ccc(OCC(N)(C#N)C2CC2)cc1. The van der Waals surface area contributed by atoms with Gasteiger partial charge in [-0.15, -0.1) is 0 Å². The van der Waals surface area contributed by atoms with Crippen molar-refractivity contribution in [2.24, 2.45) is 11.7 Å². The molecule has 1 aromatic carbocycles. The third-order valence-electron chi connectivity index (χ3n) is 4.05. The first-order valence-electron chi connectivity index (χ1n) is 7.02. The first kappa shape index (κ1) is 13.9. The molecular formula is C16H22N2O. The van der Waals surface area contributed by atoms with E-state index in [-0.39, 0.29) is 6.61 Å². The van der Waals surface area contributed by atoms with Gasteiger partial charge in [0.25, 0.3) is 0 Å². The maximum Gasteiger partial charge on any atom is 0.141 e. The van der Waals surface area contributed by atoms with Crippen molar-refractivity contribution in [1.82, 2.24) is 0 Å². The summed E-state index contributed by atoms with van der Waals surface area (Å²) in [6.07, 6.45) is 3.21. The molecular weight excluding hydrogens is 236 g/mol. The Bertz CT molecular complexity index is 459. The van der Waals surface area contributed by atoms with Crippen LogP contribution in [0.25, 0.3) is 0 Å². The smallest absolute Gasteiger partial charge is 0.141 e. The molecule has 1 aliphatic rings. The largest absolute Gasteiger partial charge is 0.491 e. The van der Waals surface area contributed by atoms with E-state index in [1.165, 1.54) is 5.56 Å². The lowest BCUT2D eigenvalue weighted by Crippen LogP contribution is -2.46. The molecule has 1 aromatic rings. The summed E-state index contributed by atoms with van der Waals surface area (Å²) in [5, 5.41) is 9.17. The Hall–Kier alpha value is -1.53. The number of hydrogen-bond donors (Lipinski definition) is 1. The van der Waals surface area contributed by atoms with E-state index >= 15 is 0 Å². The third kappa shape index (κ3) is 3.27. The average molecular weight is 258 g/mol. The fraction of sp³-hybridized carbons (Fsp3) is 0.562. The van der Waals surface area contributed by atoms with Gasteiger partial charge in [0.05, 0.1) is 6.07 Å². The summed E-state index contributed by atoms with van der Waals surface area (Å²) in [6, 6.07) is 10.3. The summed E-state index contributed by atoms with van der Waals surface area (Å²) in [5.41, 5.74) is 6.56. The zero-order valence-corrected chi connectivity index (χ0v) is 11.7. The van der Waals surface area contributed by atoms with Crippen molar-refractivity contribution in [3.05, 3.63) is 29.8 Å². The lowest BCUT2D eigenvalue weighted by Gasteiger charge is -2.21. The predicted molar refractivity (Wildman–Crippen MR) is 75.9 cm³/mol. The Morgan fingerprint density at radius 2 is 2.05 bits per heavy atom. The van der Waals surface area contributed by atoms with Gasteiger partial charge in [-0.3, -0.25) is 0 Å². The molecule has 0 aromatic heterocycles. The molecule has 3 nitrogen and oxygen atoms in total. The van der Waals surface area contributed by atoms with Gasteiger partial charge in [0.2, 0.25) is 0 Å². The highest BCUT2D eigenvalue weighted by Gasteiger charge is 2.43. The number of nitrogens with zero attached hydrogens (tertiary/aromatic N) is 1. The van der Waals surface area contributed by atoms with Gasteiger partial charge < -0.3 is 10.5 Å². The summed E-state index contributed by atoms with van der Waals surface area (Å²) in [4.78, 5) is 0. The highest BCUT2D eigenvalue weighted by molar-refractivity contribution is 5.29. The van der Waals surface area contributed by atoms with Crippen LogP contribution in [-0.4, -0.2) is 12.1 Å². The van der Waals surface area contributed by atoms with Gasteiger partial charge in [0.15, 0.2) is 0 Å². The maximum atomic E-state index is 9.17. The lowest BCUT2D eigenvalue weighted by molar-refractivity contribution is 0.237. The van der Waals surface area contributed by atoms with Crippen molar-refractivity contribution in [2.45, 2.75) is 44.6 Å². The Morgan fingerprint density at radius 1 is 1.42 bits per heavy atom. The molecule has 19 heavy (non-hydrogen) atoms. The van der Waals surface area contributed by atoms with Crippen molar-refractivity contribution >= 4 is 0 Å². The number of nitrogens with two attached hydrogens (primary N) is 1. The normalized spacial score (nSPS) is 19.3. The third-order valence-corrected chi connectivity index (χ3v) is 4.05. The van der Waals surface area contributed by atoms with Crippen LogP contribution in [0.5, 0.6) is 5.75 Å². The van der Waals surface area contributed by atoms with Gasteiger partial charge in [-0.2, -0.15) is 5.26 Å². The van der Waals surface area contributed by atoms with Gasteiger partial charge in [-0.25, -0.2) is 0 Å². The molecule has 0 radical (unpaired) electrons. The average Bonchev–Trinajstić information content (AvgIpc) is 3.29. The fourth-order valence-electron chi connectivity index (χ4n) is 2.17. The van der Waals surface area contributed by atoms with Crippen LogP contribution in [0, 0.1) is 17.2 Å². The van der Waals surface area contributed by atoms with E-state index in [1.807, 2.05) is 12.1 Å². The second-order valence-electron chi connectivity index (χ2n) is 5.59. The van der Waals surface area contributed by atoms with Crippen LogP contribution in [0.3, 0.4) is 0 Å². The molecule has 2 N–H and O–H groups in total. The van der Waals surface area contributed by atoms with Crippen molar-refractivity contribution in [1.29, 1.82) is 5.26 Å². The Morgan fingerprint density at radius 3 is 2.53 bits per heavy atom. The molecule has 0 amide bonds. The summed E-state index contributed by atoms with van der Waals surface area (Å²) in [5.74, 6) is 1.66. The zero-order valence-electron chi connectivity index (χ0n) is 11.7. The van der Waals surface area contributed by atoms with E-state index in [1.54, 1.807) is 0 Å². The van der Waals surface area contributed by atoms with Crippen LogP contribution in [-0.2, 0) is 0 Å². The van der Waals surface area contributed by atoms with Crippen molar-refractivity contribution in [3.63, 3.8) is 0 Å². The molecule has 1 saturated carbocycles. The maximum absolute atomic E-state index is 9.17. The molecule has 0 bridgehead atoms. The van der Waals surface area contributed by atoms with Crippen LogP contribution in [0.1, 0.15) is 44.6 Å². The van der Waals surface area contributed by atoms with Gasteiger partial charge in [-0.1, -0.05) is 26.0 Å². The molecule has 0 saturated heterocycles. The predicted octanol–water partition coefficient (Wildman–Crippen LogP) is 3.21. The zero-order chi connectivity index (χ0) is 13.9. The molecule has 1 fully saturated rings. The first-order valence-corrected chi connectivity index (χ1v) is 7.02. The number of rotatable bonds is 6. The van der Waals surface area contributed by atoms with Gasteiger partial charge in [0.1, 0.15) is 17.9 Å². The number of hydrogen-bond acceptors (Lipinski definition) is 3. The van der Waals surface area contributed by atoms with E-state index in [0.29, 0.717) is 11.8 Å². The highest BCUT2D eigenvalue weighted by Crippen LogP contribution is 2.38. The molecule has 1 aliphatic carbocycles. The van der Waals surface area contributed by atoms with Crippen molar-refractivity contribution in [2.75, 3.05) is 6.61 Å². The summed E-state index contributed by atoms with van der Waals surface area (Å²) < 4.78 is 5.68. The topological polar surface area (TPSA) is 59.0 Å². The van der Waals surface area contributed by atoms with E-state index in [9.17, 15) is 0 Å². The number of nitriles is 1. The molecule has 2 unspecified atom stereocenters. The van der Waals surface area contributed by atoms with Crippen LogP contribution < -0.4 is 10.5 Å². The Balaban J connectivity index is 1.95. The summed E-state index contributed by atoms with van der Waals surface area (Å²) in [7, 11) is 0. The fourth-order valence-corrected chi connectivity index (χ4v) is 2.17. The summed E-state index contributed by atoms with van der Waals surface area (Å²) in [6.45, 7) is 4.67. The quantitative estimate of drug-likeness (QED) is 0.852. The molecule has 2 rings (SSSR count). The second kappa shape index (κ2) is 5.63. The van der Waals surface area contributed by atoms with Crippen molar-refractivity contribution in [3.8, 4) is 11.8 Å². The van der Waals surface area contributed by atoms with Crippen LogP contribution in [0.4, 0.5) is 0 Å². The second-order valence-corrected chi connectivity index (χ2v) is 5.59. The van der Waals surface area contributed by atoms with Crippen molar-refractivity contribution < 1.29 is 4.74 Å². The van der Waals surface area contributed by atoms with Gasteiger partial charge >= 0.3 is 0 Å². The molecule has 0 aliphatic heterocycles. The minimum Gasteiger partial charge on any atom is -0.491 e. The molecule has 3 heteroatoms. The highest BCUT2D eigenvalue weighted by atomic mass is 16.5. The van der Waals surface area contributed by atoms with E-state index in [4.69, 9.17) is 15.7 Å². The molecule has 2 atom stereocenters. The molecule has 102 valence electrons. The van der Waals surface area contributed by atoms with Gasteiger partial charge in [0, 0.05) is 0 Å². The number of ether oxygens (including phenoxy) is 1. The standard InChI is InChI=1S/C16H22N2O/c1-3-12(2)13-4-8-15(9-5-13)19-11-16(18,10-17)14-6-7-14/h4-5,8-9,12,14H,3,6-7,11,18H2,1-2H3. The van der Waals surface area contributed by atoms with E-state index in [2.05, 4.69) is 32.0 Å². The van der Waals surface area contributed by atoms with Crippen LogP contribution >= 0.6 is 0 Å². The first-order chi connectivity index (χ1) is 9.09. The molecule has 0 spiro atoms. The van der Waals surface area contributed by atoms with E-state index < -0.39 is 5.54 Å². The monoisotopic (exact) mass is 258 g/mol. The van der Waals surface area contributed by atoms with Crippen LogP contribution in [0.2, 0.25) is 0 Å². The van der Waals surface area contributed by atoms with E-state index in [0.717, 1.165) is 25.0 Å². The molecule has 0 heterocycles. The summed E-state index contributed by atoms with van der Waals surface area (Å²) >= 11 is 0. The van der Waals surface area contributed by atoms with Crippen LogP contribution in [0.15, 0.2) is 24.3 Å². The Kier molecular flexibility index (Phi) is 4.11. The minimum atomic E-state index is -0.824. The van der Waals surface area contributed by atoms with Gasteiger partial charge in [-0.05, 0) is 48.8 Å².